The van der Waals surface area contributed by atoms with Crippen LogP contribution in [0, 0.1) is 13.8 Å². The molecule has 0 aromatic heterocycles. The SMILES string of the molecule is C=C1[C@@H](S(=O)(=O)c2ccc(C)cc2)[C@@H]1S(=O)(=O)c1ccc(C)cc1. The largest absolute Gasteiger partial charge is 0.223 e. The highest BCUT2D eigenvalue weighted by Gasteiger charge is 2.59. The van der Waals surface area contributed by atoms with E-state index in [1.807, 2.05) is 13.8 Å². The van der Waals surface area contributed by atoms with Crippen LogP contribution in [0.2, 0.25) is 0 Å². The van der Waals surface area contributed by atoms with Gasteiger partial charge < -0.3 is 0 Å². The first-order chi connectivity index (χ1) is 11.2. The molecule has 0 unspecified atom stereocenters. The molecule has 1 aliphatic carbocycles. The van der Waals surface area contributed by atoms with Gasteiger partial charge in [-0.3, -0.25) is 0 Å². The van der Waals surface area contributed by atoms with Crippen molar-refractivity contribution >= 4 is 19.7 Å². The third-order valence-corrected chi connectivity index (χ3v) is 8.78. The molecule has 0 radical (unpaired) electrons. The first-order valence-electron chi connectivity index (χ1n) is 7.45. The van der Waals surface area contributed by atoms with Crippen molar-refractivity contribution in [1.82, 2.24) is 0 Å². The van der Waals surface area contributed by atoms with Crippen molar-refractivity contribution in [3.05, 3.63) is 71.8 Å². The molecule has 2 aromatic rings. The van der Waals surface area contributed by atoms with Crippen molar-refractivity contribution in [2.45, 2.75) is 34.1 Å². The molecule has 0 spiro atoms. The van der Waals surface area contributed by atoms with E-state index < -0.39 is 30.2 Å². The first-order valence-corrected chi connectivity index (χ1v) is 10.5. The minimum absolute atomic E-state index is 0.126. The lowest BCUT2D eigenvalue weighted by Crippen LogP contribution is -2.17. The molecule has 4 nitrogen and oxygen atoms in total. The summed E-state index contributed by atoms with van der Waals surface area (Å²) in [5.74, 6) is 0. The minimum Gasteiger partial charge on any atom is -0.223 e. The summed E-state index contributed by atoms with van der Waals surface area (Å²) in [7, 11) is -7.52. The van der Waals surface area contributed by atoms with E-state index in [0.29, 0.717) is 0 Å². The van der Waals surface area contributed by atoms with Gasteiger partial charge >= 0.3 is 0 Å². The van der Waals surface area contributed by atoms with Crippen LogP contribution in [0.3, 0.4) is 0 Å². The van der Waals surface area contributed by atoms with Gasteiger partial charge in [0.15, 0.2) is 19.7 Å². The molecule has 24 heavy (non-hydrogen) atoms. The Morgan fingerprint density at radius 1 is 0.667 bits per heavy atom. The van der Waals surface area contributed by atoms with Crippen molar-refractivity contribution in [3.63, 3.8) is 0 Å². The Morgan fingerprint density at radius 3 is 1.25 bits per heavy atom. The van der Waals surface area contributed by atoms with Crippen LogP contribution < -0.4 is 0 Å². The third-order valence-electron chi connectivity index (χ3n) is 4.26. The smallest absolute Gasteiger partial charge is 0.186 e. The van der Waals surface area contributed by atoms with Gasteiger partial charge in [0.2, 0.25) is 0 Å². The fraction of sp³-hybridized carbons (Fsp3) is 0.222. The molecule has 0 N–H and O–H groups in total. The molecule has 6 heteroatoms. The van der Waals surface area contributed by atoms with Gasteiger partial charge in [0.05, 0.1) is 9.79 Å². The van der Waals surface area contributed by atoms with Gasteiger partial charge in [-0.25, -0.2) is 16.8 Å². The zero-order valence-electron chi connectivity index (χ0n) is 13.4. The minimum atomic E-state index is -3.76. The van der Waals surface area contributed by atoms with Crippen molar-refractivity contribution in [3.8, 4) is 0 Å². The molecule has 2 aromatic carbocycles. The van der Waals surface area contributed by atoms with Crippen LogP contribution in [0.15, 0.2) is 70.5 Å². The van der Waals surface area contributed by atoms with Crippen LogP contribution >= 0.6 is 0 Å². The fourth-order valence-electron chi connectivity index (χ4n) is 2.73. The van der Waals surface area contributed by atoms with E-state index in [2.05, 4.69) is 6.58 Å². The van der Waals surface area contributed by atoms with E-state index in [1.165, 1.54) is 24.3 Å². The second-order valence-corrected chi connectivity index (χ2v) is 10.3. The van der Waals surface area contributed by atoms with Gasteiger partial charge in [-0.2, -0.15) is 0 Å². The Morgan fingerprint density at radius 2 is 0.958 bits per heavy atom. The lowest BCUT2D eigenvalue weighted by atomic mass is 10.2. The Hall–Kier alpha value is -1.92. The van der Waals surface area contributed by atoms with Gasteiger partial charge in [-0.1, -0.05) is 42.0 Å². The summed E-state index contributed by atoms with van der Waals surface area (Å²) >= 11 is 0. The molecule has 1 aliphatic rings. The number of sulfone groups is 2. The van der Waals surface area contributed by atoms with Crippen molar-refractivity contribution in [2.24, 2.45) is 0 Å². The quantitative estimate of drug-likeness (QED) is 0.785. The molecular weight excluding hydrogens is 344 g/mol. The monoisotopic (exact) mass is 362 g/mol. The van der Waals surface area contributed by atoms with E-state index in [1.54, 1.807) is 24.3 Å². The molecule has 0 saturated heterocycles. The zero-order valence-corrected chi connectivity index (χ0v) is 15.1. The van der Waals surface area contributed by atoms with Crippen LogP contribution in [0.1, 0.15) is 11.1 Å². The van der Waals surface area contributed by atoms with Gasteiger partial charge in [0, 0.05) is 0 Å². The molecule has 1 fully saturated rings. The predicted octanol–water partition coefficient (Wildman–Crippen LogP) is 2.86. The summed E-state index contributed by atoms with van der Waals surface area (Å²) < 4.78 is 50.9. The maximum absolute atomic E-state index is 12.7. The Balaban J connectivity index is 1.97. The lowest BCUT2D eigenvalue weighted by molar-refractivity contribution is 0.587. The van der Waals surface area contributed by atoms with Gasteiger partial charge in [-0.15, -0.1) is 0 Å². The normalized spacial score (nSPS) is 20.8. The second-order valence-electron chi connectivity index (χ2n) is 6.13. The standard InChI is InChI=1S/C18H18O4S2/c1-12-4-8-15(9-5-12)23(19,20)17-14(3)18(17)24(21,22)16-10-6-13(2)7-11-16/h4-11,17-18H,3H2,1-2H3/t17-,18-/m1/s1. The number of hydrogen-bond donors (Lipinski definition) is 0. The van der Waals surface area contributed by atoms with Crippen molar-refractivity contribution in [2.75, 3.05) is 0 Å². The average molecular weight is 362 g/mol. The van der Waals surface area contributed by atoms with Gasteiger partial charge in [-0.05, 0) is 43.7 Å². The van der Waals surface area contributed by atoms with E-state index >= 15 is 0 Å². The Kier molecular flexibility index (Phi) is 3.92. The van der Waals surface area contributed by atoms with Gasteiger partial charge in [0.25, 0.3) is 0 Å². The summed E-state index contributed by atoms with van der Waals surface area (Å²) in [6.45, 7) is 7.41. The fourth-order valence-corrected chi connectivity index (χ4v) is 7.25. The number of hydrogen-bond acceptors (Lipinski definition) is 4. The highest BCUT2D eigenvalue weighted by Crippen LogP contribution is 2.46. The van der Waals surface area contributed by atoms with Crippen molar-refractivity contribution < 1.29 is 16.8 Å². The number of rotatable bonds is 4. The summed E-state index contributed by atoms with van der Waals surface area (Å²) in [5.41, 5.74) is 2.11. The maximum Gasteiger partial charge on any atom is 0.186 e. The molecule has 3 rings (SSSR count). The van der Waals surface area contributed by atoms with E-state index in [9.17, 15) is 16.8 Å². The summed E-state index contributed by atoms with van der Waals surface area (Å²) in [5, 5.41) is -2.15. The van der Waals surface area contributed by atoms with Gasteiger partial charge in [0.1, 0.15) is 10.5 Å². The molecule has 2 atom stereocenters. The van der Waals surface area contributed by atoms with Crippen LogP contribution in [0.4, 0.5) is 0 Å². The van der Waals surface area contributed by atoms with Crippen LogP contribution in [-0.4, -0.2) is 27.3 Å². The maximum atomic E-state index is 12.7. The first kappa shape index (κ1) is 16.9. The summed E-state index contributed by atoms with van der Waals surface area (Å²) in [6.07, 6.45) is 0. The molecule has 0 aliphatic heterocycles. The summed E-state index contributed by atoms with van der Waals surface area (Å²) in [4.78, 5) is 0.252. The Bertz CT molecular complexity index is 916. The highest BCUT2D eigenvalue weighted by molar-refractivity contribution is 7.97. The predicted molar refractivity (Wildman–Crippen MR) is 93.4 cm³/mol. The topological polar surface area (TPSA) is 68.3 Å². The van der Waals surface area contributed by atoms with Crippen LogP contribution in [0.25, 0.3) is 0 Å². The van der Waals surface area contributed by atoms with Crippen LogP contribution in [0.5, 0.6) is 0 Å². The highest BCUT2D eigenvalue weighted by atomic mass is 32.2. The number of aryl methyl sites for hydroxylation is 2. The molecule has 1 saturated carbocycles. The summed E-state index contributed by atoms with van der Waals surface area (Å²) in [6, 6.07) is 12.8. The molecule has 0 heterocycles. The number of benzene rings is 2. The van der Waals surface area contributed by atoms with E-state index in [0.717, 1.165) is 11.1 Å². The average Bonchev–Trinajstić information content (AvgIpc) is 3.21. The molecular formula is C18H18O4S2. The lowest BCUT2D eigenvalue weighted by Gasteiger charge is -2.06. The van der Waals surface area contributed by atoms with E-state index in [4.69, 9.17) is 0 Å². The van der Waals surface area contributed by atoms with Crippen molar-refractivity contribution in [1.29, 1.82) is 0 Å². The van der Waals surface area contributed by atoms with E-state index in [-0.39, 0.29) is 15.4 Å². The Labute approximate surface area is 142 Å². The second kappa shape index (κ2) is 5.57. The van der Waals surface area contributed by atoms with Crippen LogP contribution in [-0.2, 0) is 19.7 Å². The zero-order chi connectivity index (χ0) is 17.7. The molecule has 0 amide bonds. The third kappa shape index (κ3) is 2.70. The molecule has 0 bridgehead atoms. The molecule has 126 valence electrons.